The largest absolute Gasteiger partial charge is 0.481 e. The standard InChI is InChI=1S/C17H20BrFN2O3/c1-17(15(22)23)4-5-21(9-17)16(24)20-12-6-11(7-12)10-2-3-14(19)13(18)8-10/h2-3,8,11-12H,4-7,9H2,1H3,(H,20,24)(H,22,23). The number of carbonyl (C=O) groups is 2. The van der Waals surface area contributed by atoms with E-state index >= 15 is 0 Å². The Hall–Kier alpha value is -1.63. The van der Waals surface area contributed by atoms with Gasteiger partial charge in [-0.05, 0) is 65.7 Å². The summed E-state index contributed by atoms with van der Waals surface area (Å²) in [4.78, 5) is 25.1. The van der Waals surface area contributed by atoms with E-state index in [0.29, 0.717) is 23.4 Å². The maximum absolute atomic E-state index is 13.3. The lowest BCUT2D eigenvalue weighted by Crippen LogP contribution is -2.49. The summed E-state index contributed by atoms with van der Waals surface area (Å²) in [5.41, 5.74) is 0.216. The summed E-state index contributed by atoms with van der Waals surface area (Å²) >= 11 is 3.19. The SMILES string of the molecule is CC1(C(=O)O)CCN(C(=O)NC2CC(c3ccc(F)c(Br)c3)C2)C1. The highest BCUT2D eigenvalue weighted by atomic mass is 79.9. The van der Waals surface area contributed by atoms with E-state index in [1.54, 1.807) is 24.0 Å². The van der Waals surface area contributed by atoms with Gasteiger partial charge in [-0.25, -0.2) is 9.18 Å². The Labute approximate surface area is 148 Å². The van der Waals surface area contributed by atoms with Crippen LogP contribution in [0, 0.1) is 11.2 Å². The number of halogens is 2. The minimum absolute atomic E-state index is 0.0861. The van der Waals surface area contributed by atoms with Crippen molar-refractivity contribution in [3.8, 4) is 0 Å². The molecule has 1 aromatic carbocycles. The Balaban J connectivity index is 1.50. The highest BCUT2D eigenvalue weighted by Gasteiger charge is 2.43. The van der Waals surface area contributed by atoms with Gasteiger partial charge in [0.05, 0.1) is 9.89 Å². The molecule has 1 aliphatic carbocycles. The van der Waals surface area contributed by atoms with E-state index < -0.39 is 11.4 Å². The van der Waals surface area contributed by atoms with E-state index in [9.17, 15) is 19.1 Å². The van der Waals surface area contributed by atoms with Gasteiger partial charge in [0.2, 0.25) is 0 Å². The fourth-order valence-corrected chi connectivity index (χ4v) is 3.75. The van der Waals surface area contributed by atoms with Gasteiger partial charge in [-0.3, -0.25) is 4.79 Å². The van der Waals surface area contributed by atoms with Crippen molar-refractivity contribution >= 4 is 27.9 Å². The van der Waals surface area contributed by atoms with E-state index in [-0.39, 0.29) is 24.4 Å². The molecule has 2 N–H and O–H groups in total. The van der Waals surface area contributed by atoms with Crippen molar-refractivity contribution in [1.29, 1.82) is 0 Å². The van der Waals surface area contributed by atoms with Gasteiger partial charge in [0.25, 0.3) is 0 Å². The molecule has 1 saturated heterocycles. The highest BCUT2D eigenvalue weighted by molar-refractivity contribution is 9.10. The van der Waals surface area contributed by atoms with E-state index in [1.807, 2.05) is 0 Å². The number of benzene rings is 1. The second-order valence-corrected chi connectivity index (χ2v) is 7.88. The normalized spacial score (nSPS) is 29.2. The van der Waals surface area contributed by atoms with Crippen molar-refractivity contribution in [2.75, 3.05) is 13.1 Å². The number of hydrogen-bond acceptors (Lipinski definition) is 2. The topological polar surface area (TPSA) is 69.6 Å². The quantitative estimate of drug-likeness (QED) is 0.819. The highest BCUT2D eigenvalue weighted by Crippen LogP contribution is 2.38. The van der Waals surface area contributed by atoms with E-state index in [1.165, 1.54) is 6.07 Å². The number of aliphatic carboxylic acids is 1. The van der Waals surface area contributed by atoms with Gasteiger partial charge in [0, 0.05) is 19.1 Å². The summed E-state index contributed by atoms with van der Waals surface area (Å²) in [6, 6.07) is 4.91. The Morgan fingerprint density at radius 3 is 2.71 bits per heavy atom. The van der Waals surface area contributed by atoms with Crippen LogP contribution in [0.5, 0.6) is 0 Å². The maximum atomic E-state index is 13.3. The number of rotatable bonds is 3. The summed E-state index contributed by atoms with van der Waals surface area (Å²) in [5, 5.41) is 12.2. The van der Waals surface area contributed by atoms with Crippen molar-refractivity contribution in [2.24, 2.45) is 5.41 Å². The first-order valence-corrected chi connectivity index (χ1v) is 8.81. The molecule has 2 amide bonds. The fraction of sp³-hybridized carbons (Fsp3) is 0.529. The molecule has 1 unspecified atom stereocenters. The third-order valence-corrected chi connectivity index (χ3v) is 5.77. The predicted octanol–water partition coefficient (Wildman–Crippen LogP) is 3.34. The Kier molecular flexibility index (Phi) is 4.55. The molecule has 3 rings (SSSR count). The van der Waals surface area contributed by atoms with Crippen molar-refractivity contribution in [3.63, 3.8) is 0 Å². The monoisotopic (exact) mass is 398 g/mol. The molecule has 1 saturated carbocycles. The van der Waals surface area contributed by atoms with E-state index in [2.05, 4.69) is 21.2 Å². The molecular formula is C17H20BrFN2O3. The van der Waals surface area contributed by atoms with E-state index in [0.717, 1.165) is 18.4 Å². The molecule has 1 aromatic rings. The van der Waals surface area contributed by atoms with Crippen LogP contribution in [-0.2, 0) is 4.79 Å². The van der Waals surface area contributed by atoms with Crippen molar-refractivity contribution in [1.82, 2.24) is 10.2 Å². The zero-order chi connectivity index (χ0) is 17.5. The number of nitrogens with one attached hydrogen (secondary N) is 1. The van der Waals surface area contributed by atoms with Crippen LogP contribution in [0.1, 0.15) is 37.7 Å². The minimum Gasteiger partial charge on any atom is -0.481 e. The van der Waals surface area contributed by atoms with Gasteiger partial charge in [-0.15, -0.1) is 0 Å². The van der Waals surface area contributed by atoms with Crippen molar-refractivity contribution in [2.45, 2.75) is 38.1 Å². The number of carboxylic acids is 1. The number of carboxylic acid groups (broad SMARTS) is 1. The number of hydrogen-bond donors (Lipinski definition) is 2. The first-order valence-electron chi connectivity index (χ1n) is 8.02. The third-order valence-electron chi connectivity index (χ3n) is 5.16. The average Bonchev–Trinajstić information content (AvgIpc) is 2.89. The number of urea groups is 1. The van der Waals surface area contributed by atoms with Crippen LogP contribution in [0.4, 0.5) is 9.18 Å². The lowest BCUT2D eigenvalue weighted by Gasteiger charge is -2.37. The first-order chi connectivity index (χ1) is 11.3. The van der Waals surface area contributed by atoms with Gasteiger partial charge in [-0.2, -0.15) is 0 Å². The van der Waals surface area contributed by atoms with Crippen LogP contribution in [-0.4, -0.2) is 41.1 Å². The molecule has 130 valence electrons. The second kappa shape index (κ2) is 6.35. The molecular weight excluding hydrogens is 379 g/mol. The van der Waals surface area contributed by atoms with E-state index in [4.69, 9.17) is 0 Å². The molecule has 7 heteroatoms. The lowest BCUT2D eigenvalue weighted by molar-refractivity contribution is -0.147. The van der Waals surface area contributed by atoms with Crippen LogP contribution in [0.3, 0.4) is 0 Å². The molecule has 0 bridgehead atoms. The Bertz CT molecular complexity index is 678. The first kappa shape index (κ1) is 17.2. The summed E-state index contributed by atoms with van der Waals surface area (Å²) in [6.07, 6.45) is 2.11. The van der Waals surface area contributed by atoms with Gasteiger partial charge < -0.3 is 15.3 Å². The summed E-state index contributed by atoms with van der Waals surface area (Å²) in [6.45, 7) is 2.39. The predicted molar refractivity (Wildman–Crippen MR) is 90.3 cm³/mol. The Morgan fingerprint density at radius 1 is 1.42 bits per heavy atom. The number of likely N-dealkylation sites (tertiary alicyclic amines) is 1. The number of carbonyl (C=O) groups excluding carboxylic acids is 1. The lowest BCUT2D eigenvalue weighted by atomic mass is 9.76. The number of amides is 2. The van der Waals surface area contributed by atoms with Crippen LogP contribution in [0.25, 0.3) is 0 Å². The third kappa shape index (κ3) is 3.27. The second-order valence-electron chi connectivity index (χ2n) is 7.03. The minimum atomic E-state index is -0.858. The van der Waals surface area contributed by atoms with Crippen molar-refractivity contribution in [3.05, 3.63) is 34.1 Å². The maximum Gasteiger partial charge on any atom is 0.317 e. The Morgan fingerprint density at radius 2 is 2.12 bits per heavy atom. The molecule has 24 heavy (non-hydrogen) atoms. The molecule has 5 nitrogen and oxygen atoms in total. The fourth-order valence-electron chi connectivity index (χ4n) is 3.35. The summed E-state index contributed by atoms with van der Waals surface area (Å²) < 4.78 is 13.7. The molecule has 2 aliphatic rings. The molecule has 2 fully saturated rings. The average molecular weight is 399 g/mol. The zero-order valence-electron chi connectivity index (χ0n) is 13.4. The number of nitrogens with zero attached hydrogens (tertiary/aromatic N) is 1. The molecule has 0 radical (unpaired) electrons. The van der Waals surface area contributed by atoms with Crippen LogP contribution in [0.15, 0.2) is 22.7 Å². The molecule has 0 spiro atoms. The molecule has 1 atom stereocenters. The summed E-state index contributed by atoms with van der Waals surface area (Å²) in [7, 11) is 0. The van der Waals surface area contributed by atoms with Gasteiger partial charge in [0.1, 0.15) is 5.82 Å². The van der Waals surface area contributed by atoms with Crippen molar-refractivity contribution < 1.29 is 19.1 Å². The van der Waals surface area contributed by atoms with Gasteiger partial charge in [0.15, 0.2) is 0 Å². The van der Waals surface area contributed by atoms with Gasteiger partial charge >= 0.3 is 12.0 Å². The molecule has 1 aliphatic heterocycles. The van der Waals surface area contributed by atoms with Gasteiger partial charge in [-0.1, -0.05) is 6.07 Å². The molecule has 1 heterocycles. The van der Waals surface area contributed by atoms with Crippen LogP contribution >= 0.6 is 15.9 Å². The smallest absolute Gasteiger partial charge is 0.317 e. The molecule has 0 aromatic heterocycles. The van der Waals surface area contributed by atoms with Crippen LogP contribution in [0.2, 0.25) is 0 Å². The summed E-state index contributed by atoms with van der Waals surface area (Å²) in [5.74, 6) is -0.822. The van der Waals surface area contributed by atoms with Crippen LogP contribution < -0.4 is 5.32 Å². The zero-order valence-corrected chi connectivity index (χ0v) is 15.0.